The summed E-state index contributed by atoms with van der Waals surface area (Å²) in [6.45, 7) is 2.32. The Bertz CT molecular complexity index is 563. The SMILES string of the molecule is OC(C#Cc1cc(Cl)cc(N2CCOCC2)n1)C(F)(F)F. The van der Waals surface area contributed by atoms with Crippen molar-refractivity contribution >= 4 is 17.4 Å². The summed E-state index contributed by atoms with van der Waals surface area (Å²) in [4.78, 5) is 6.05. The van der Waals surface area contributed by atoms with Crippen LogP contribution in [0.5, 0.6) is 0 Å². The summed E-state index contributed by atoms with van der Waals surface area (Å²) in [6.07, 6.45) is -7.48. The Kier molecular flexibility index (Phi) is 4.93. The first-order valence-corrected chi connectivity index (χ1v) is 6.50. The van der Waals surface area contributed by atoms with Crippen LogP contribution in [-0.2, 0) is 4.74 Å². The van der Waals surface area contributed by atoms with Crippen molar-refractivity contribution in [3.8, 4) is 11.8 Å². The smallest absolute Gasteiger partial charge is 0.378 e. The monoisotopic (exact) mass is 320 g/mol. The number of nitrogens with zero attached hydrogens (tertiary/aromatic N) is 2. The number of pyridine rings is 1. The summed E-state index contributed by atoms with van der Waals surface area (Å²) in [7, 11) is 0. The predicted molar refractivity (Wildman–Crippen MR) is 71.2 cm³/mol. The second-order valence-electron chi connectivity index (χ2n) is 4.34. The molecule has 0 spiro atoms. The zero-order valence-corrected chi connectivity index (χ0v) is 11.6. The van der Waals surface area contributed by atoms with E-state index in [1.54, 1.807) is 12.0 Å². The summed E-state index contributed by atoms with van der Waals surface area (Å²) < 4.78 is 41.8. The van der Waals surface area contributed by atoms with Gasteiger partial charge in [-0.1, -0.05) is 17.5 Å². The summed E-state index contributed by atoms with van der Waals surface area (Å²) >= 11 is 5.92. The number of aliphatic hydroxyl groups is 1. The molecule has 0 amide bonds. The third-order valence-corrected chi connectivity index (χ3v) is 2.98. The van der Waals surface area contributed by atoms with Crippen molar-refractivity contribution in [2.45, 2.75) is 12.3 Å². The molecule has 1 atom stereocenters. The number of morpholine rings is 1. The minimum absolute atomic E-state index is 0.0762. The average Bonchev–Trinajstić information content (AvgIpc) is 2.44. The van der Waals surface area contributed by atoms with Crippen molar-refractivity contribution in [3.63, 3.8) is 0 Å². The second-order valence-corrected chi connectivity index (χ2v) is 4.78. The largest absolute Gasteiger partial charge is 0.425 e. The Hall–Kier alpha value is -1.49. The van der Waals surface area contributed by atoms with Gasteiger partial charge in [-0.15, -0.1) is 0 Å². The molecule has 2 rings (SSSR count). The van der Waals surface area contributed by atoms with Crippen molar-refractivity contribution in [3.05, 3.63) is 22.8 Å². The standard InChI is InChI=1S/C13H12ClF3N2O2/c14-9-7-10(1-2-11(20)13(15,16)17)18-12(8-9)19-3-5-21-6-4-19/h7-8,11,20H,3-6H2. The van der Waals surface area contributed by atoms with Crippen LogP contribution >= 0.6 is 11.6 Å². The lowest BCUT2D eigenvalue weighted by Gasteiger charge is -2.27. The van der Waals surface area contributed by atoms with Crippen LogP contribution in [0.3, 0.4) is 0 Å². The maximum Gasteiger partial charge on any atom is 0.425 e. The van der Waals surface area contributed by atoms with Gasteiger partial charge in [0.25, 0.3) is 0 Å². The van der Waals surface area contributed by atoms with Gasteiger partial charge in [0, 0.05) is 18.1 Å². The van der Waals surface area contributed by atoms with E-state index in [9.17, 15) is 13.2 Å². The minimum atomic E-state index is -4.78. The van der Waals surface area contributed by atoms with Crippen LogP contribution in [0.15, 0.2) is 12.1 Å². The lowest BCUT2D eigenvalue weighted by atomic mass is 10.3. The van der Waals surface area contributed by atoms with Gasteiger partial charge in [-0.25, -0.2) is 4.98 Å². The minimum Gasteiger partial charge on any atom is -0.378 e. The molecule has 4 nitrogen and oxygen atoms in total. The molecule has 1 N–H and O–H groups in total. The molecule has 1 aromatic rings. The molecule has 1 unspecified atom stereocenters. The molecule has 114 valence electrons. The maximum atomic E-state index is 12.2. The molecule has 0 saturated carbocycles. The van der Waals surface area contributed by atoms with Crippen molar-refractivity contribution in [2.75, 3.05) is 31.2 Å². The number of anilines is 1. The Morgan fingerprint density at radius 1 is 1.33 bits per heavy atom. The first-order valence-electron chi connectivity index (χ1n) is 6.13. The zero-order valence-electron chi connectivity index (χ0n) is 10.8. The van der Waals surface area contributed by atoms with Crippen molar-refractivity contribution in [1.82, 2.24) is 4.98 Å². The van der Waals surface area contributed by atoms with E-state index in [0.717, 1.165) is 0 Å². The van der Waals surface area contributed by atoms with Gasteiger partial charge < -0.3 is 14.7 Å². The van der Waals surface area contributed by atoms with Gasteiger partial charge in [-0.3, -0.25) is 0 Å². The van der Waals surface area contributed by atoms with Crippen LogP contribution in [0.2, 0.25) is 5.02 Å². The van der Waals surface area contributed by atoms with Gasteiger partial charge in [-0.05, 0) is 18.1 Å². The van der Waals surface area contributed by atoms with E-state index in [-0.39, 0.29) is 5.69 Å². The highest BCUT2D eigenvalue weighted by Crippen LogP contribution is 2.21. The van der Waals surface area contributed by atoms with Gasteiger partial charge in [0.15, 0.2) is 0 Å². The van der Waals surface area contributed by atoms with Gasteiger partial charge >= 0.3 is 6.18 Å². The highest BCUT2D eigenvalue weighted by Gasteiger charge is 2.36. The fourth-order valence-electron chi connectivity index (χ4n) is 1.73. The maximum absolute atomic E-state index is 12.2. The first-order chi connectivity index (χ1) is 9.86. The van der Waals surface area contributed by atoms with E-state index in [2.05, 4.69) is 10.9 Å². The quantitative estimate of drug-likeness (QED) is 0.802. The molecular formula is C13H12ClF3N2O2. The summed E-state index contributed by atoms with van der Waals surface area (Å²) in [5.74, 6) is 4.43. The van der Waals surface area contributed by atoms with E-state index in [1.165, 1.54) is 6.07 Å². The third-order valence-electron chi connectivity index (χ3n) is 2.76. The number of hydrogen-bond acceptors (Lipinski definition) is 4. The normalized spacial score (nSPS) is 17.1. The molecule has 0 radical (unpaired) electrons. The zero-order chi connectivity index (χ0) is 15.5. The van der Waals surface area contributed by atoms with Crippen LogP contribution in [0.25, 0.3) is 0 Å². The Morgan fingerprint density at radius 3 is 2.62 bits per heavy atom. The molecule has 1 aromatic heterocycles. The molecule has 2 heterocycles. The molecule has 1 saturated heterocycles. The lowest BCUT2D eigenvalue weighted by molar-refractivity contribution is -0.184. The average molecular weight is 321 g/mol. The number of halogens is 4. The van der Waals surface area contributed by atoms with Gasteiger partial charge in [0.1, 0.15) is 11.5 Å². The Morgan fingerprint density at radius 2 is 2.00 bits per heavy atom. The summed E-state index contributed by atoms with van der Waals surface area (Å²) in [6, 6.07) is 2.96. The molecule has 1 aliphatic heterocycles. The molecule has 8 heteroatoms. The van der Waals surface area contributed by atoms with Crippen LogP contribution < -0.4 is 4.90 Å². The third kappa shape index (κ3) is 4.49. The molecule has 1 fully saturated rings. The topological polar surface area (TPSA) is 45.6 Å². The number of hydrogen-bond donors (Lipinski definition) is 1. The number of aromatic nitrogens is 1. The molecule has 0 aromatic carbocycles. The van der Waals surface area contributed by atoms with E-state index in [4.69, 9.17) is 21.4 Å². The van der Waals surface area contributed by atoms with E-state index in [1.807, 2.05) is 4.90 Å². The van der Waals surface area contributed by atoms with Crippen molar-refractivity contribution < 1.29 is 23.0 Å². The predicted octanol–water partition coefficient (Wildman–Crippen LogP) is 1.85. The summed E-state index contributed by atoms with van der Waals surface area (Å²) in [5.41, 5.74) is 0.0762. The molecule has 0 aliphatic carbocycles. The molecule has 1 aliphatic rings. The molecular weight excluding hydrogens is 309 g/mol. The van der Waals surface area contributed by atoms with Crippen molar-refractivity contribution in [2.24, 2.45) is 0 Å². The van der Waals surface area contributed by atoms with E-state index >= 15 is 0 Å². The van der Waals surface area contributed by atoms with Crippen molar-refractivity contribution in [1.29, 1.82) is 0 Å². The Balaban J connectivity index is 2.21. The molecule has 0 bridgehead atoms. The van der Waals surface area contributed by atoms with E-state index in [0.29, 0.717) is 37.1 Å². The highest BCUT2D eigenvalue weighted by atomic mass is 35.5. The summed E-state index contributed by atoms with van der Waals surface area (Å²) in [5, 5.41) is 9.16. The number of aliphatic hydroxyl groups excluding tert-OH is 1. The van der Waals surface area contributed by atoms with E-state index < -0.39 is 12.3 Å². The van der Waals surface area contributed by atoms with Crippen LogP contribution in [-0.4, -0.2) is 48.7 Å². The van der Waals surface area contributed by atoms with Crippen LogP contribution in [0.4, 0.5) is 19.0 Å². The lowest BCUT2D eigenvalue weighted by Crippen LogP contribution is -2.36. The Labute approximate surface area is 124 Å². The molecule has 21 heavy (non-hydrogen) atoms. The highest BCUT2D eigenvalue weighted by molar-refractivity contribution is 6.30. The van der Waals surface area contributed by atoms with Crippen LogP contribution in [0, 0.1) is 11.8 Å². The first kappa shape index (κ1) is 15.9. The van der Waals surface area contributed by atoms with Gasteiger partial charge in [0.05, 0.1) is 13.2 Å². The number of alkyl halides is 3. The fraction of sp³-hybridized carbons (Fsp3) is 0.462. The van der Waals surface area contributed by atoms with Gasteiger partial charge in [0.2, 0.25) is 6.10 Å². The van der Waals surface area contributed by atoms with Gasteiger partial charge in [-0.2, -0.15) is 13.2 Å². The number of rotatable bonds is 1. The van der Waals surface area contributed by atoms with Crippen LogP contribution in [0.1, 0.15) is 5.69 Å². The second kappa shape index (κ2) is 6.52. The number of ether oxygens (including phenoxy) is 1. The fourth-order valence-corrected chi connectivity index (χ4v) is 1.93.